The summed E-state index contributed by atoms with van der Waals surface area (Å²) in [6.45, 7) is 7.72. The third-order valence-electron chi connectivity index (χ3n) is 8.25. The molecule has 0 radical (unpaired) electrons. The van der Waals surface area contributed by atoms with Gasteiger partial charge in [0, 0.05) is 24.3 Å². The largest absolute Gasteiger partial charge is 0.455 e. The summed E-state index contributed by atoms with van der Waals surface area (Å²) in [6, 6.07) is 8.34. The summed E-state index contributed by atoms with van der Waals surface area (Å²) < 4.78 is 5.77. The fourth-order valence-electron chi connectivity index (χ4n) is 5.46. The Bertz CT molecular complexity index is 1360. The van der Waals surface area contributed by atoms with E-state index in [-0.39, 0.29) is 29.9 Å². The van der Waals surface area contributed by atoms with Crippen LogP contribution in [0.1, 0.15) is 77.2 Å². The quantitative estimate of drug-likeness (QED) is 0.521. The Hall–Kier alpha value is -3.59. The fourth-order valence-corrected chi connectivity index (χ4v) is 5.46. The first-order valence-electron chi connectivity index (χ1n) is 14.3. The summed E-state index contributed by atoms with van der Waals surface area (Å²) in [5, 5.41) is 5.38. The maximum Gasteiger partial charge on any atom is 0.325 e. The van der Waals surface area contributed by atoms with Crippen LogP contribution in [-0.2, 0) is 23.9 Å². The highest BCUT2D eigenvalue weighted by atomic mass is 16.5. The van der Waals surface area contributed by atoms with Crippen molar-refractivity contribution in [2.45, 2.75) is 78.0 Å². The van der Waals surface area contributed by atoms with Crippen molar-refractivity contribution in [2.75, 3.05) is 6.54 Å². The van der Waals surface area contributed by atoms with Crippen LogP contribution >= 0.6 is 0 Å². The Kier molecular flexibility index (Phi) is 7.77. The topological polar surface area (TPSA) is 118 Å². The summed E-state index contributed by atoms with van der Waals surface area (Å²) in [5.74, 6) is -1.78. The van der Waals surface area contributed by atoms with Crippen LogP contribution in [0.5, 0.6) is 0 Å². The van der Waals surface area contributed by atoms with Crippen LogP contribution in [0.4, 0.5) is 0 Å². The molecule has 3 aliphatic rings. The van der Waals surface area contributed by atoms with E-state index in [1.807, 2.05) is 56.3 Å². The number of carbonyl (C=O) groups excluding carboxylic acids is 4. The number of hydrogen-bond donors (Lipinski definition) is 2. The number of hydrazine groups is 1. The van der Waals surface area contributed by atoms with E-state index in [0.717, 1.165) is 16.5 Å². The van der Waals surface area contributed by atoms with Gasteiger partial charge in [-0.1, -0.05) is 51.1 Å². The fraction of sp³-hybridized carbons (Fsp3) is 0.516. The number of benzene rings is 1. The molecule has 4 atom stereocenters. The molecule has 2 fully saturated rings. The minimum atomic E-state index is -0.690. The van der Waals surface area contributed by atoms with E-state index in [4.69, 9.17) is 9.72 Å². The SMILES string of the molecule is CC(C)[C@@H]1NC(=O)C2(/C=C/c3ccc4ccc(nc4c3)[C@@H](C)OC(=O)[C@@H]3CCCN(N3)C(=O)[C@H](C)CC1=O)CC2. The Morgan fingerprint density at radius 2 is 1.82 bits per heavy atom. The Balaban J connectivity index is 1.48. The van der Waals surface area contributed by atoms with Gasteiger partial charge in [-0.3, -0.25) is 24.2 Å². The van der Waals surface area contributed by atoms with Gasteiger partial charge in [-0.2, -0.15) is 0 Å². The molecule has 2 aliphatic heterocycles. The van der Waals surface area contributed by atoms with Crippen molar-refractivity contribution in [1.29, 1.82) is 0 Å². The van der Waals surface area contributed by atoms with Crippen LogP contribution in [0.25, 0.3) is 17.0 Å². The van der Waals surface area contributed by atoms with Crippen molar-refractivity contribution in [3.8, 4) is 0 Å². The molecular weight excluding hydrogens is 508 g/mol. The van der Waals surface area contributed by atoms with E-state index in [0.29, 0.717) is 37.9 Å². The number of Topliss-reactive ketones (excluding diaryl/α,β-unsaturated/α-hetero) is 1. The predicted molar refractivity (Wildman–Crippen MR) is 150 cm³/mol. The Morgan fingerprint density at radius 3 is 2.55 bits per heavy atom. The number of pyridine rings is 1. The lowest BCUT2D eigenvalue weighted by Crippen LogP contribution is -2.57. The van der Waals surface area contributed by atoms with Crippen LogP contribution in [0.3, 0.4) is 0 Å². The minimum absolute atomic E-state index is 0.00356. The van der Waals surface area contributed by atoms with Gasteiger partial charge >= 0.3 is 5.97 Å². The van der Waals surface area contributed by atoms with Crippen LogP contribution in [-0.4, -0.2) is 52.2 Å². The van der Waals surface area contributed by atoms with E-state index in [2.05, 4.69) is 10.7 Å². The van der Waals surface area contributed by atoms with Gasteiger partial charge in [0.2, 0.25) is 11.8 Å². The summed E-state index contributed by atoms with van der Waals surface area (Å²) in [4.78, 5) is 57.8. The zero-order chi connectivity index (χ0) is 28.6. The monoisotopic (exact) mass is 546 g/mol. The van der Waals surface area contributed by atoms with Crippen LogP contribution < -0.4 is 10.7 Å². The maximum absolute atomic E-state index is 13.4. The first-order valence-corrected chi connectivity index (χ1v) is 14.3. The number of aromatic nitrogens is 1. The van der Waals surface area contributed by atoms with Gasteiger partial charge in [-0.05, 0) is 56.2 Å². The van der Waals surface area contributed by atoms with E-state index < -0.39 is 35.5 Å². The normalized spacial score (nSPS) is 28.5. The minimum Gasteiger partial charge on any atom is -0.455 e. The van der Waals surface area contributed by atoms with Crippen LogP contribution in [0.15, 0.2) is 36.4 Å². The van der Waals surface area contributed by atoms with E-state index in [9.17, 15) is 19.2 Å². The summed E-state index contributed by atoms with van der Waals surface area (Å²) >= 11 is 0. The van der Waals surface area contributed by atoms with Crippen LogP contribution in [0.2, 0.25) is 0 Å². The average Bonchev–Trinajstić information content (AvgIpc) is 3.74. The molecule has 9 nitrogen and oxygen atoms in total. The van der Waals surface area contributed by atoms with Crippen molar-refractivity contribution in [3.63, 3.8) is 0 Å². The summed E-state index contributed by atoms with van der Waals surface area (Å²) in [7, 11) is 0. The van der Waals surface area contributed by atoms with Gasteiger partial charge in [0.05, 0.1) is 22.7 Å². The summed E-state index contributed by atoms with van der Waals surface area (Å²) in [5.41, 5.74) is 4.67. The van der Waals surface area contributed by atoms with Crippen molar-refractivity contribution < 1.29 is 23.9 Å². The highest BCUT2D eigenvalue weighted by Crippen LogP contribution is 2.48. The lowest BCUT2D eigenvalue weighted by Gasteiger charge is -2.34. The second-order valence-corrected chi connectivity index (χ2v) is 11.8. The van der Waals surface area contributed by atoms with Crippen LogP contribution in [0, 0.1) is 17.3 Å². The third kappa shape index (κ3) is 5.80. The number of rotatable bonds is 1. The molecule has 212 valence electrons. The number of hydrogen-bond acceptors (Lipinski definition) is 7. The first kappa shape index (κ1) is 28.0. The number of fused-ring (bicyclic) bond motifs is 4. The molecule has 5 bridgehead atoms. The second kappa shape index (κ2) is 11.1. The molecular formula is C31H38N4O5. The molecule has 40 heavy (non-hydrogen) atoms. The van der Waals surface area contributed by atoms with Gasteiger partial charge in [0.1, 0.15) is 12.1 Å². The molecule has 3 heterocycles. The number of amides is 2. The van der Waals surface area contributed by atoms with Gasteiger partial charge < -0.3 is 10.1 Å². The maximum atomic E-state index is 13.4. The molecule has 1 saturated heterocycles. The third-order valence-corrected chi connectivity index (χ3v) is 8.25. The average molecular weight is 547 g/mol. The molecule has 1 aliphatic carbocycles. The molecule has 1 aromatic carbocycles. The molecule has 2 N–H and O–H groups in total. The lowest BCUT2D eigenvalue weighted by atomic mass is 9.91. The molecule has 2 aromatic rings. The predicted octanol–water partition coefficient (Wildman–Crippen LogP) is 3.88. The lowest BCUT2D eigenvalue weighted by molar-refractivity contribution is -0.157. The number of ether oxygens (including phenoxy) is 1. The Morgan fingerprint density at radius 1 is 1.07 bits per heavy atom. The molecule has 0 unspecified atom stereocenters. The van der Waals surface area contributed by atoms with Gasteiger partial charge in [0.25, 0.3) is 0 Å². The summed E-state index contributed by atoms with van der Waals surface area (Å²) in [6.07, 6.45) is 5.86. The van der Waals surface area contributed by atoms with Crippen molar-refractivity contribution in [1.82, 2.24) is 20.7 Å². The van der Waals surface area contributed by atoms with E-state index in [1.165, 1.54) is 5.01 Å². The number of nitrogens with zero attached hydrogens (tertiary/aromatic N) is 2. The standard InChI is InChI=1S/C31H38N4O5/c1-18(2)27-26(36)16-19(3)28(37)35-15-5-6-24(34-35)29(38)40-20(4)23-10-9-22-8-7-21(17-25(22)32-23)11-12-31(13-14-31)30(39)33-27/h7-12,17-20,24,27,34H,5-6,13-16H2,1-4H3,(H,33,39)/b12-11+/t19-,20-,24+,27+/m1/s1. The van der Waals surface area contributed by atoms with Crippen molar-refractivity contribution >= 4 is 40.5 Å². The highest BCUT2D eigenvalue weighted by Gasteiger charge is 2.48. The number of esters is 1. The number of cyclic esters (lactones) is 1. The van der Waals surface area contributed by atoms with Gasteiger partial charge in [-0.15, -0.1) is 0 Å². The Labute approximate surface area is 234 Å². The molecule has 5 rings (SSSR count). The molecule has 1 aromatic heterocycles. The first-order chi connectivity index (χ1) is 19.1. The molecule has 1 saturated carbocycles. The van der Waals surface area contributed by atoms with Gasteiger partial charge in [0.15, 0.2) is 5.78 Å². The number of nitrogens with one attached hydrogen (secondary N) is 2. The second-order valence-electron chi connectivity index (χ2n) is 11.8. The smallest absolute Gasteiger partial charge is 0.325 e. The molecule has 1 spiro atoms. The van der Waals surface area contributed by atoms with Crippen molar-refractivity contribution in [3.05, 3.63) is 47.7 Å². The number of carbonyl (C=O) groups is 4. The number of ketones is 1. The van der Waals surface area contributed by atoms with E-state index in [1.54, 1.807) is 13.8 Å². The molecule has 2 amide bonds. The highest BCUT2D eigenvalue weighted by molar-refractivity contribution is 5.95. The zero-order valence-corrected chi connectivity index (χ0v) is 23.6. The van der Waals surface area contributed by atoms with Gasteiger partial charge in [-0.25, -0.2) is 10.4 Å². The zero-order valence-electron chi connectivity index (χ0n) is 23.6. The van der Waals surface area contributed by atoms with Crippen molar-refractivity contribution in [2.24, 2.45) is 17.3 Å². The van der Waals surface area contributed by atoms with E-state index >= 15 is 0 Å². The molecule has 9 heteroatoms.